The van der Waals surface area contributed by atoms with E-state index in [0.717, 1.165) is 42.6 Å². The van der Waals surface area contributed by atoms with Crippen molar-refractivity contribution < 1.29 is 49.0 Å². The molecular formula is C31H33F9N6O2. The molecule has 0 N–H and O–H groups in total. The first-order valence-electron chi connectivity index (χ1n) is 15.4. The van der Waals surface area contributed by atoms with Gasteiger partial charge in [-0.3, -0.25) is 4.79 Å². The van der Waals surface area contributed by atoms with Crippen LogP contribution in [-0.4, -0.2) is 38.5 Å². The molecule has 5 rings (SSSR count). The second kappa shape index (κ2) is 13.5. The number of carbonyl (C=O) groups excluding carboxylic acids is 1. The molecule has 1 aliphatic heterocycles. The molecule has 2 unspecified atom stereocenters. The summed E-state index contributed by atoms with van der Waals surface area (Å²) in [5.74, 6) is -0.668. The van der Waals surface area contributed by atoms with Gasteiger partial charge in [-0.1, -0.05) is 37.7 Å². The molecule has 2 atom stereocenters. The summed E-state index contributed by atoms with van der Waals surface area (Å²) < 4.78 is 127. The van der Waals surface area contributed by atoms with Gasteiger partial charge in [-0.25, -0.2) is 0 Å². The minimum Gasteiger partial charge on any atom is -0.406 e. The quantitative estimate of drug-likeness (QED) is 0.210. The first kappa shape index (κ1) is 35.3. The van der Waals surface area contributed by atoms with Gasteiger partial charge in [0, 0.05) is 30.3 Å². The average Bonchev–Trinajstić information content (AvgIpc) is 3.68. The highest BCUT2D eigenvalue weighted by atomic mass is 19.4. The number of hydrogen-bond donors (Lipinski definition) is 0. The minimum atomic E-state index is -5.11. The summed E-state index contributed by atoms with van der Waals surface area (Å²) in [4.78, 5) is 17.6. The van der Waals surface area contributed by atoms with Crippen LogP contribution in [0, 0.1) is 5.92 Å². The van der Waals surface area contributed by atoms with E-state index in [1.807, 2.05) is 0 Å². The van der Waals surface area contributed by atoms with Gasteiger partial charge >= 0.3 is 18.7 Å². The number of carbonyl (C=O) groups is 1. The molecule has 2 heterocycles. The first-order chi connectivity index (χ1) is 22.4. The summed E-state index contributed by atoms with van der Waals surface area (Å²) in [5.41, 5.74) is -3.09. The van der Waals surface area contributed by atoms with Crippen molar-refractivity contribution in [2.24, 2.45) is 13.0 Å². The van der Waals surface area contributed by atoms with Crippen LogP contribution < -0.4 is 14.5 Å². The lowest BCUT2D eigenvalue weighted by Gasteiger charge is -2.44. The van der Waals surface area contributed by atoms with Gasteiger partial charge in [0.05, 0.1) is 24.2 Å². The van der Waals surface area contributed by atoms with Crippen molar-refractivity contribution in [3.05, 3.63) is 58.7 Å². The number of fused-ring (bicyclic) bond motifs is 1. The van der Waals surface area contributed by atoms with Crippen LogP contribution in [0.4, 0.5) is 51.1 Å². The number of anilines is 2. The highest BCUT2D eigenvalue weighted by Gasteiger charge is 2.42. The van der Waals surface area contributed by atoms with Crippen LogP contribution in [-0.2, 0) is 30.7 Å². The maximum atomic E-state index is 13.8. The minimum absolute atomic E-state index is 0.00720. The van der Waals surface area contributed by atoms with Crippen molar-refractivity contribution in [2.45, 2.75) is 95.6 Å². The van der Waals surface area contributed by atoms with Crippen LogP contribution in [0.25, 0.3) is 0 Å². The van der Waals surface area contributed by atoms with Gasteiger partial charge in [0.1, 0.15) is 5.75 Å². The maximum absolute atomic E-state index is 13.8. The van der Waals surface area contributed by atoms with Gasteiger partial charge in [0.15, 0.2) is 0 Å². The number of ether oxygens (including phenoxy) is 1. The Morgan fingerprint density at radius 3 is 2.15 bits per heavy atom. The molecule has 48 heavy (non-hydrogen) atoms. The summed E-state index contributed by atoms with van der Waals surface area (Å²) in [6.45, 7) is 1.19. The Morgan fingerprint density at radius 1 is 0.958 bits per heavy atom. The third kappa shape index (κ3) is 8.14. The van der Waals surface area contributed by atoms with Crippen molar-refractivity contribution in [3.63, 3.8) is 0 Å². The van der Waals surface area contributed by atoms with Crippen LogP contribution in [0.5, 0.6) is 5.75 Å². The van der Waals surface area contributed by atoms with Gasteiger partial charge in [0.2, 0.25) is 5.91 Å². The largest absolute Gasteiger partial charge is 0.573 e. The van der Waals surface area contributed by atoms with E-state index in [4.69, 9.17) is 0 Å². The van der Waals surface area contributed by atoms with E-state index < -0.39 is 59.8 Å². The maximum Gasteiger partial charge on any atom is 0.573 e. The van der Waals surface area contributed by atoms with Gasteiger partial charge in [0.25, 0.3) is 5.95 Å². The summed E-state index contributed by atoms with van der Waals surface area (Å²) in [6, 6.07) is 3.05. The van der Waals surface area contributed by atoms with E-state index in [-0.39, 0.29) is 42.0 Å². The molecule has 1 aliphatic carbocycles. The van der Waals surface area contributed by atoms with Crippen LogP contribution in [0.3, 0.4) is 0 Å². The van der Waals surface area contributed by atoms with E-state index in [0.29, 0.717) is 30.9 Å². The van der Waals surface area contributed by atoms with E-state index >= 15 is 0 Å². The monoisotopic (exact) mass is 692 g/mol. The van der Waals surface area contributed by atoms with Crippen molar-refractivity contribution in [1.29, 1.82) is 0 Å². The van der Waals surface area contributed by atoms with Crippen molar-refractivity contribution in [1.82, 2.24) is 20.2 Å². The van der Waals surface area contributed by atoms with Crippen LogP contribution >= 0.6 is 0 Å². The van der Waals surface area contributed by atoms with Gasteiger partial charge in [-0.05, 0) is 72.4 Å². The Labute approximate surface area is 269 Å². The van der Waals surface area contributed by atoms with Gasteiger partial charge < -0.3 is 14.5 Å². The summed E-state index contributed by atoms with van der Waals surface area (Å²) in [5, 5.41) is 11.9. The number of benzene rings is 2. The zero-order chi connectivity index (χ0) is 35.0. The van der Waals surface area contributed by atoms with Crippen molar-refractivity contribution in [2.75, 3.05) is 9.80 Å². The van der Waals surface area contributed by atoms with E-state index in [1.165, 1.54) is 22.9 Å². The third-order valence-electron chi connectivity index (χ3n) is 8.82. The molecule has 2 aromatic carbocycles. The molecule has 1 aromatic heterocycles. The fourth-order valence-electron chi connectivity index (χ4n) is 6.65. The number of hydrogen-bond acceptors (Lipinski definition) is 6. The molecule has 17 heteroatoms. The Bertz CT molecular complexity index is 1570. The molecule has 0 bridgehead atoms. The number of alkyl halides is 9. The van der Waals surface area contributed by atoms with Crippen LogP contribution in [0.15, 0.2) is 36.4 Å². The fourth-order valence-corrected chi connectivity index (χ4v) is 6.65. The molecule has 8 nitrogen and oxygen atoms in total. The molecule has 0 spiro atoms. The van der Waals surface area contributed by atoms with E-state index in [9.17, 15) is 44.3 Å². The zero-order valence-electron chi connectivity index (χ0n) is 26.0. The Morgan fingerprint density at radius 2 is 1.60 bits per heavy atom. The lowest BCUT2D eigenvalue weighted by atomic mass is 9.87. The second-order valence-electron chi connectivity index (χ2n) is 12.2. The predicted octanol–water partition coefficient (Wildman–Crippen LogP) is 8.38. The highest BCUT2D eigenvalue weighted by Crippen LogP contribution is 2.46. The van der Waals surface area contributed by atoms with Gasteiger partial charge in [-0.2, -0.15) is 31.1 Å². The molecule has 0 radical (unpaired) electrons. The topological polar surface area (TPSA) is 76.4 Å². The smallest absolute Gasteiger partial charge is 0.406 e. The average molecular weight is 693 g/mol. The molecule has 1 fully saturated rings. The third-order valence-corrected chi connectivity index (χ3v) is 8.82. The molecule has 1 amide bonds. The number of rotatable bonds is 9. The standard InChI is InChI=1S/C31H33F9N6O2/c1-3-22-15-26(24-16-23(48-31(38,39)40)9-10-25(24)46(22)27(47)11-8-18-6-4-5-7-18)45(28-41-43-44(2)42-28)17-19-12-20(29(32,33)34)14-21(13-19)30(35,36)37/h9-10,12-14,16,18,22,26H,3-8,11,15,17H2,1-2H3. The molecular weight excluding hydrogens is 659 g/mol. The second-order valence-corrected chi connectivity index (χ2v) is 12.2. The lowest BCUT2D eigenvalue weighted by molar-refractivity contribution is -0.274. The number of aryl methyl sites for hydroxylation is 1. The summed E-state index contributed by atoms with van der Waals surface area (Å²) >= 11 is 0. The van der Waals surface area contributed by atoms with Gasteiger partial charge in [-0.15, -0.1) is 18.3 Å². The normalized spacial score (nSPS) is 19.0. The number of nitrogens with zero attached hydrogens (tertiary/aromatic N) is 6. The number of amides is 1. The van der Waals surface area contributed by atoms with Crippen molar-refractivity contribution in [3.8, 4) is 5.75 Å². The SMILES string of the molecule is CCC1CC(N(Cc2cc(C(F)(F)F)cc(C(F)(F)F)c2)c2nnn(C)n2)c2cc(OC(F)(F)F)ccc2N1C(=O)CCC1CCCC1. The first-order valence-corrected chi connectivity index (χ1v) is 15.4. The van der Waals surface area contributed by atoms with Crippen molar-refractivity contribution >= 4 is 17.5 Å². The fraction of sp³-hybridized carbons (Fsp3) is 0.548. The lowest BCUT2D eigenvalue weighted by Crippen LogP contribution is -2.47. The number of aromatic nitrogens is 4. The predicted molar refractivity (Wildman–Crippen MR) is 155 cm³/mol. The molecule has 1 saturated carbocycles. The Hall–Kier alpha value is -4.05. The van der Waals surface area contributed by atoms with E-state index in [2.05, 4.69) is 20.1 Å². The summed E-state index contributed by atoms with van der Waals surface area (Å²) in [6.07, 6.45) is -9.85. The van der Waals surface area contributed by atoms with E-state index in [1.54, 1.807) is 6.92 Å². The molecule has 3 aromatic rings. The molecule has 0 saturated heterocycles. The highest BCUT2D eigenvalue weighted by molar-refractivity contribution is 5.95. The Kier molecular flexibility index (Phi) is 9.88. The zero-order valence-corrected chi connectivity index (χ0v) is 26.0. The van der Waals surface area contributed by atoms with Crippen LogP contribution in [0.1, 0.15) is 86.6 Å². The molecule has 2 aliphatic rings. The number of tetrazole rings is 1. The molecule has 262 valence electrons. The summed E-state index contributed by atoms with van der Waals surface area (Å²) in [7, 11) is 1.39. The Balaban J connectivity index is 1.62. The number of halogens is 9. The van der Waals surface area contributed by atoms with Crippen LogP contribution in [0.2, 0.25) is 0 Å².